The van der Waals surface area contributed by atoms with Crippen molar-refractivity contribution in [1.82, 2.24) is 83.4 Å². The van der Waals surface area contributed by atoms with Crippen LogP contribution in [0.25, 0.3) is 16.9 Å². The van der Waals surface area contributed by atoms with Gasteiger partial charge in [0.05, 0.1) is 18.6 Å². The van der Waals surface area contributed by atoms with Crippen molar-refractivity contribution in [3.63, 3.8) is 0 Å². The first-order valence-corrected chi connectivity index (χ1v) is 34.4. The van der Waals surface area contributed by atoms with Crippen LogP contribution in [0.4, 0.5) is 52.2 Å². The lowest BCUT2D eigenvalue weighted by atomic mass is 9.96. The zero-order valence-corrected chi connectivity index (χ0v) is 58.6. The molecule has 516 valence electrons. The Labute approximate surface area is 596 Å². The number of carbonyl (C=O) groups excluding carboxylic acids is 3. The van der Waals surface area contributed by atoms with Crippen LogP contribution in [0.1, 0.15) is 50.3 Å². The third-order valence-electron chi connectivity index (χ3n) is 16.7. The molecule has 0 saturated carbocycles. The predicted molar refractivity (Wildman–Crippen MR) is 396 cm³/mol. The number of hydrogen-bond donors (Lipinski definition) is 6. The molecule has 0 saturated heterocycles. The molecule has 15 rings (SSSR count). The molecule has 8 aromatic heterocycles. The molecular formula is C73H73N23O4S2. The molecule has 0 spiro atoms. The largest absolute Gasteiger partial charge is 0.424 e. The number of carbonyl (C=O) groups is 3. The number of benzene rings is 4. The number of aromatic nitrogens is 14. The number of fused-ring (bicyclic) bond motifs is 6. The Kier molecular flexibility index (Phi) is 20.7. The first-order chi connectivity index (χ1) is 49.4. The van der Waals surface area contributed by atoms with E-state index >= 15 is 0 Å². The Morgan fingerprint density at radius 3 is 1.39 bits per heavy atom. The van der Waals surface area contributed by atoms with E-state index in [-0.39, 0.29) is 23.7 Å². The second-order valence-electron chi connectivity index (χ2n) is 24.6. The number of nitrogens with one attached hydrogen (secondary N) is 6. The molecular weight excluding hydrogens is 1330 g/mol. The van der Waals surface area contributed by atoms with E-state index in [0.717, 1.165) is 108 Å². The molecule has 0 atom stereocenters. The molecule has 3 aliphatic heterocycles. The number of aryl methyl sites for hydroxylation is 3. The third kappa shape index (κ3) is 16.6. The molecule has 0 unspecified atom stereocenters. The van der Waals surface area contributed by atoms with Gasteiger partial charge in [-0.1, -0.05) is 44.0 Å². The Morgan fingerprint density at radius 2 is 0.882 bits per heavy atom. The Bertz CT molecular complexity index is 4700. The van der Waals surface area contributed by atoms with E-state index in [4.69, 9.17) is 24.7 Å². The summed E-state index contributed by atoms with van der Waals surface area (Å²) in [6, 6.07) is 36.6. The summed E-state index contributed by atoms with van der Waals surface area (Å²) in [6.45, 7) is 22.4. The summed E-state index contributed by atoms with van der Waals surface area (Å²) in [5, 5.41) is 32.6. The Balaban J connectivity index is 0.000000137. The normalized spacial score (nSPS) is 13.4. The van der Waals surface area contributed by atoms with Crippen LogP contribution in [0, 0.1) is 20.8 Å². The van der Waals surface area contributed by atoms with E-state index in [1.807, 2.05) is 74.5 Å². The van der Waals surface area contributed by atoms with Crippen molar-refractivity contribution in [2.24, 2.45) is 0 Å². The molecule has 3 amide bonds. The predicted octanol–water partition coefficient (Wildman–Crippen LogP) is 11.8. The van der Waals surface area contributed by atoms with Gasteiger partial charge in [-0.15, -0.1) is 0 Å². The molecule has 12 aromatic rings. The molecule has 27 nitrogen and oxygen atoms in total. The summed E-state index contributed by atoms with van der Waals surface area (Å²) in [4.78, 5) is 81.2. The number of amides is 3. The maximum atomic E-state index is 11.7. The monoisotopic (exact) mass is 1400 g/mol. The minimum atomic E-state index is -0.306. The highest BCUT2D eigenvalue weighted by atomic mass is 32.2. The molecule has 102 heavy (non-hydrogen) atoms. The van der Waals surface area contributed by atoms with Gasteiger partial charge in [0, 0.05) is 120 Å². The van der Waals surface area contributed by atoms with Gasteiger partial charge in [-0.3, -0.25) is 14.4 Å². The topological polar surface area (TPSA) is 297 Å². The van der Waals surface area contributed by atoms with Crippen molar-refractivity contribution in [1.29, 1.82) is 0 Å². The highest BCUT2D eigenvalue weighted by molar-refractivity contribution is 7.99. The summed E-state index contributed by atoms with van der Waals surface area (Å²) in [5.41, 5.74) is 15.6. The lowest BCUT2D eigenvalue weighted by Gasteiger charge is -2.26. The van der Waals surface area contributed by atoms with Gasteiger partial charge < -0.3 is 51.3 Å². The van der Waals surface area contributed by atoms with E-state index in [9.17, 15) is 14.4 Å². The van der Waals surface area contributed by atoms with Gasteiger partial charge in [0.15, 0.2) is 27.3 Å². The number of pyridine rings is 2. The molecule has 0 fully saturated rings. The molecule has 0 bridgehead atoms. The van der Waals surface area contributed by atoms with Crippen LogP contribution in [0.3, 0.4) is 0 Å². The average molecular weight is 1400 g/mol. The maximum Gasteiger partial charge on any atom is 0.328 e. The van der Waals surface area contributed by atoms with E-state index in [2.05, 4.69) is 154 Å². The van der Waals surface area contributed by atoms with Crippen molar-refractivity contribution in [2.75, 3.05) is 72.7 Å². The van der Waals surface area contributed by atoms with E-state index in [1.165, 1.54) is 68.5 Å². The summed E-state index contributed by atoms with van der Waals surface area (Å²) in [6.07, 6.45) is 11.6. The fourth-order valence-electron chi connectivity index (χ4n) is 11.6. The molecule has 29 heteroatoms. The highest BCUT2D eigenvalue weighted by Gasteiger charge is 2.23. The van der Waals surface area contributed by atoms with E-state index in [0.29, 0.717) is 73.7 Å². The van der Waals surface area contributed by atoms with Crippen molar-refractivity contribution < 1.29 is 19.1 Å². The standard InChI is InChI=1S/C25H25N7OS.C24H24N8O2.C24H24N8OS/c1-4-23(33)27-19-6-5-7-20(14-19)34-25-30-24(29-22-8-10-26-32(22)25)28-21-13-17-9-11-31(3)15-18(17)12-16(21)2;2*1-4-21(33)26-17-6-5-7-18(13-17)34-24-30-23(28-20-8-10-25-32(20)24)29-22-15(2)12-16-14-31(3)11-9-19(16)27-22/h4-8,10,12-14H,1,9,11,15H2,2-3H3,(H,27,33)(H,28,29);2*4-8,10,12-13H,1,9,11,14H2,2-3H3,(H,26,33)(H,27,28,29). The third-order valence-corrected chi connectivity index (χ3v) is 18.6. The minimum Gasteiger partial charge on any atom is -0.424 e. The quantitative estimate of drug-likeness (QED) is 0.0435. The molecule has 3 aliphatic rings. The fraction of sp³-hybridized carbons (Fsp3) is 0.205. The number of ether oxygens (including phenoxy) is 1. The van der Waals surface area contributed by atoms with E-state index in [1.54, 1.807) is 58.0 Å². The summed E-state index contributed by atoms with van der Waals surface area (Å²) in [7, 11) is 6.40. The smallest absolute Gasteiger partial charge is 0.328 e. The minimum absolute atomic E-state index is 0.224. The Hall–Kier alpha value is -11.8. The van der Waals surface area contributed by atoms with Crippen LogP contribution in [0.2, 0.25) is 0 Å². The number of hydrogen-bond acceptors (Lipinski definition) is 23. The van der Waals surface area contributed by atoms with Gasteiger partial charge in [-0.2, -0.15) is 58.7 Å². The summed E-state index contributed by atoms with van der Waals surface area (Å²) < 4.78 is 10.9. The SMILES string of the molecule is C=CC(=O)Nc1cccc(Oc2nc(Nc3nc4c(cc3C)CN(C)CC4)nc3ccnn23)c1.C=CC(=O)Nc1cccc(Sc2nc(Nc3cc4c(cc3C)CN(C)CC4)nc3ccnn23)c1.C=CC(=O)Nc1cccc(Sc2nc(Nc3nc4c(cc3C)CN(C)CC4)nc3ccnn23)c1. The molecule has 11 heterocycles. The van der Waals surface area contributed by atoms with Gasteiger partial charge in [0.25, 0.3) is 0 Å². The van der Waals surface area contributed by atoms with Crippen LogP contribution in [-0.2, 0) is 53.3 Å². The molecule has 4 aromatic carbocycles. The second-order valence-corrected chi connectivity index (χ2v) is 26.6. The summed E-state index contributed by atoms with van der Waals surface area (Å²) >= 11 is 2.88. The van der Waals surface area contributed by atoms with Gasteiger partial charge >= 0.3 is 6.01 Å². The van der Waals surface area contributed by atoms with Crippen LogP contribution in [0.5, 0.6) is 11.8 Å². The first kappa shape index (κ1) is 68.8. The van der Waals surface area contributed by atoms with Crippen LogP contribution in [0.15, 0.2) is 192 Å². The molecule has 0 radical (unpaired) electrons. The van der Waals surface area contributed by atoms with Crippen molar-refractivity contribution in [2.45, 2.75) is 79.8 Å². The second kappa shape index (κ2) is 30.8. The Morgan fingerprint density at radius 1 is 0.451 bits per heavy atom. The first-order valence-electron chi connectivity index (χ1n) is 32.7. The zero-order valence-electron chi connectivity index (χ0n) is 57.0. The van der Waals surface area contributed by atoms with E-state index < -0.39 is 0 Å². The van der Waals surface area contributed by atoms with Crippen molar-refractivity contribution in [3.8, 4) is 11.8 Å². The van der Waals surface area contributed by atoms with Gasteiger partial charge in [-0.25, -0.2) is 9.97 Å². The lowest BCUT2D eigenvalue weighted by molar-refractivity contribution is -0.112. The fourth-order valence-corrected chi connectivity index (χ4v) is 13.4. The highest BCUT2D eigenvalue weighted by Crippen LogP contribution is 2.35. The van der Waals surface area contributed by atoms with Crippen LogP contribution in [-0.4, -0.2) is 142 Å². The number of likely N-dealkylation sites (N-methyl/N-ethyl adjacent to an activating group) is 3. The molecule has 6 N–H and O–H groups in total. The number of anilines is 9. The van der Waals surface area contributed by atoms with Gasteiger partial charge in [-0.05, 0) is 196 Å². The zero-order chi connectivity index (χ0) is 71.0. The average Bonchev–Trinajstić information content (AvgIpc) is 1.41. The number of rotatable bonds is 18. The van der Waals surface area contributed by atoms with Crippen molar-refractivity contribution >= 4 is 110 Å². The van der Waals surface area contributed by atoms with Gasteiger partial charge in [0.1, 0.15) is 17.4 Å². The summed E-state index contributed by atoms with van der Waals surface area (Å²) in [5.74, 6) is 2.46. The molecule has 0 aliphatic carbocycles. The lowest BCUT2D eigenvalue weighted by Crippen LogP contribution is -2.27. The van der Waals surface area contributed by atoms with Crippen LogP contribution >= 0.6 is 23.5 Å². The van der Waals surface area contributed by atoms with Crippen molar-refractivity contribution in [3.05, 3.63) is 222 Å². The van der Waals surface area contributed by atoms with Gasteiger partial charge in [0.2, 0.25) is 35.6 Å². The van der Waals surface area contributed by atoms with Crippen LogP contribution < -0.4 is 36.6 Å². The number of nitrogens with zero attached hydrogens (tertiary/aromatic N) is 17. The maximum absolute atomic E-state index is 11.7.